The summed E-state index contributed by atoms with van der Waals surface area (Å²) in [5, 5.41) is 0.315. The summed E-state index contributed by atoms with van der Waals surface area (Å²) in [6.07, 6.45) is 2.37. The summed E-state index contributed by atoms with van der Waals surface area (Å²) in [6.45, 7) is 4.91. The van der Waals surface area contributed by atoms with Gasteiger partial charge in [-0.25, -0.2) is 14.9 Å². The minimum absolute atomic E-state index is 0. The predicted molar refractivity (Wildman–Crippen MR) is 85.3 cm³/mol. The van der Waals surface area contributed by atoms with Crippen molar-refractivity contribution < 1.29 is 51.0 Å². The third-order valence-corrected chi connectivity index (χ3v) is 3.73. The summed E-state index contributed by atoms with van der Waals surface area (Å²) >= 11 is 6.24. The van der Waals surface area contributed by atoms with Crippen molar-refractivity contribution in [2.45, 2.75) is 19.8 Å². The van der Waals surface area contributed by atoms with Crippen molar-refractivity contribution in [2.75, 3.05) is 13.2 Å². The summed E-state index contributed by atoms with van der Waals surface area (Å²) < 4.78 is 31.0. The van der Waals surface area contributed by atoms with Crippen LogP contribution in [-0.2, 0) is 37.5 Å². The van der Waals surface area contributed by atoms with Crippen molar-refractivity contribution in [2.24, 2.45) is 5.92 Å². The van der Waals surface area contributed by atoms with Crippen LogP contribution in [0.3, 0.4) is 0 Å². The SMILES string of the molecule is C=CCOc1ccc(C2=[C-]CC(C)C(=O)N2CC(F)F)c(Cl)c1.[Y]. The van der Waals surface area contributed by atoms with Gasteiger partial charge in [-0.3, -0.25) is 4.79 Å². The molecule has 1 heterocycles. The third kappa shape index (κ3) is 5.11. The molecule has 0 aliphatic carbocycles. The van der Waals surface area contributed by atoms with Gasteiger partial charge in [0.15, 0.2) is 0 Å². The molecule has 1 unspecified atom stereocenters. The van der Waals surface area contributed by atoms with E-state index in [-0.39, 0.29) is 44.5 Å². The van der Waals surface area contributed by atoms with Crippen LogP contribution in [0.25, 0.3) is 5.70 Å². The second-order valence-corrected chi connectivity index (χ2v) is 5.62. The average Bonchev–Trinajstić information content (AvgIpc) is 2.50. The number of alkyl halides is 2. The molecule has 1 aliphatic heterocycles. The Balaban J connectivity index is 0.00000288. The smallest absolute Gasteiger partial charge is 0.256 e. The zero-order valence-corrected chi connectivity index (χ0v) is 16.9. The molecular weight excluding hydrogens is 413 g/mol. The van der Waals surface area contributed by atoms with E-state index in [1.807, 2.05) is 0 Å². The summed E-state index contributed by atoms with van der Waals surface area (Å²) in [7, 11) is 0. The first-order valence-corrected chi connectivity index (χ1v) is 7.55. The normalized spacial score (nSPS) is 17.4. The number of carbonyl (C=O) groups excluding carboxylic acids is 1. The number of benzene rings is 1. The Morgan fingerprint density at radius 2 is 2.25 bits per heavy atom. The largest absolute Gasteiger partial charge is 0.490 e. The number of hydrogen-bond acceptors (Lipinski definition) is 2. The van der Waals surface area contributed by atoms with Crippen molar-refractivity contribution in [3.63, 3.8) is 0 Å². The molecule has 0 saturated carbocycles. The second kappa shape index (κ2) is 9.64. The van der Waals surface area contributed by atoms with Gasteiger partial charge in [0.25, 0.3) is 6.43 Å². The number of allylic oxidation sites excluding steroid dienone is 1. The van der Waals surface area contributed by atoms with Crippen LogP contribution in [0.4, 0.5) is 8.78 Å². The number of amides is 1. The first-order chi connectivity index (χ1) is 10.9. The molecule has 0 aromatic heterocycles. The Hall–Kier alpha value is -0.776. The van der Waals surface area contributed by atoms with Crippen molar-refractivity contribution in [1.29, 1.82) is 0 Å². The Kier molecular flexibility index (Phi) is 8.54. The topological polar surface area (TPSA) is 29.5 Å². The van der Waals surface area contributed by atoms with Gasteiger partial charge in [0, 0.05) is 38.6 Å². The molecule has 1 atom stereocenters. The van der Waals surface area contributed by atoms with Crippen molar-refractivity contribution in [1.82, 2.24) is 4.90 Å². The molecule has 24 heavy (non-hydrogen) atoms. The van der Waals surface area contributed by atoms with Gasteiger partial charge < -0.3 is 9.64 Å². The quantitative estimate of drug-likeness (QED) is 0.501. The fourth-order valence-electron chi connectivity index (χ4n) is 2.30. The van der Waals surface area contributed by atoms with E-state index >= 15 is 0 Å². The van der Waals surface area contributed by atoms with E-state index in [0.717, 1.165) is 4.90 Å². The molecule has 1 amide bonds. The third-order valence-electron chi connectivity index (χ3n) is 3.42. The summed E-state index contributed by atoms with van der Waals surface area (Å²) in [5.74, 6) is -0.177. The monoisotopic (exact) mass is 429 g/mol. The van der Waals surface area contributed by atoms with E-state index in [0.29, 0.717) is 35.1 Å². The van der Waals surface area contributed by atoms with Gasteiger partial charge in [-0.1, -0.05) is 26.0 Å². The van der Waals surface area contributed by atoms with E-state index in [4.69, 9.17) is 16.3 Å². The Bertz CT molecular complexity index is 637. The average molecular weight is 430 g/mol. The van der Waals surface area contributed by atoms with Crippen LogP contribution in [0, 0.1) is 12.0 Å². The first-order valence-electron chi connectivity index (χ1n) is 7.18. The van der Waals surface area contributed by atoms with Crippen LogP contribution in [0.15, 0.2) is 30.9 Å². The van der Waals surface area contributed by atoms with Crippen molar-refractivity contribution in [3.8, 4) is 5.75 Å². The number of rotatable bonds is 6. The van der Waals surface area contributed by atoms with Crippen LogP contribution in [0.1, 0.15) is 18.9 Å². The molecule has 1 aromatic rings. The maximum atomic E-state index is 12.8. The zero-order chi connectivity index (χ0) is 17.0. The molecule has 3 nitrogen and oxygen atoms in total. The van der Waals surface area contributed by atoms with Gasteiger partial charge in [0.2, 0.25) is 5.91 Å². The molecule has 0 saturated heterocycles. The fraction of sp³-hybridized carbons (Fsp3) is 0.353. The predicted octanol–water partition coefficient (Wildman–Crippen LogP) is 4.18. The molecule has 1 aliphatic rings. The van der Waals surface area contributed by atoms with E-state index in [1.54, 1.807) is 31.2 Å². The number of ether oxygens (including phenoxy) is 1. The van der Waals surface area contributed by atoms with Crippen LogP contribution < -0.4 is 4.74 Å². The first kappa shape index (κ1) is 21.3. The molecule has 0 fully saturated rings. The fourth-order valence-corrected chi connectivity index (χ4v) is 2.56. The van der Waals surface area contributed by atoms with Gasteiger partial charge in [-0.15, -0.1) is 28.9 Å². The number of carbonyl (C=O) groups is 1. The van der Waals surface area contributed by atoms with E-state index in [9.17, 15) is 13.6 Å². The van der Waals surface area contributed by atoms with Gasteiger partial charge >= 0.3 is 0 Å². The molecule has 0 bridgehead atoms. The second-order valence-electron chi connectivity index (χ2n) is 5.21. The van der Waals surface area contributed by atoms with Crippen LogP contribution in [-0.4, -0.2) is 30.4 Å². The van der Waals surface area contributed by atoms with Gasteiger partial charge in [0.05, 0.1) is 6.54 Å². The maximum absolute atomic E-state index is 12.8. The Morgan fingerprint density at radius 1 is 1.54 bits per heavy atom. The standard InChI is InChI=1S/C17H17ClF2NO2.Y/c1-3-8-23-12-5-6-13(14(18)9-12)15-7-4-11(2)17(22)21(15)10-16(19)20;/h3,5-6,9,11,16H,1,4,8,10H2,2H3;/q-1;. The molecule has 127 valence electrons. The minimum atomic E-state index is -2.63. The molecule has 0 N–H and O–H groups in total. The van der Waals surface area contributed by atoms with E-state index < -0.39 is 13.0 Å². The summed E-state index contributed by atoms with van der Waals surface area (Å²) in [5.41, 5.74) is 0.784. The number of halogens is 3. The van der Waals surface area contributed by atoms with Gasteiger partial charge in [0.1, 0.15) is 12.4 Å². The molecule has 7 heteroatoms. The molecule has 1 radical (unpaired) electrons. The van der Waals surface area contributed by atoms with Gasteiger partial charge in [-0.05, 0) is 17.2 Å². The zero-order valence-electron chi connectivity index (χ0n) is 13.3. The Labute approximate surface area is 170 Å². The van der Waals surface area contributed by atoms with Crippen LogP contribution >= 0.6 is 11.6 Å². The van der Waals surface area contributed by atoms with Gasteiger partial charge in [-0.2, -0.15) is 0 Å². The molecular formula is C17H17ClF2NO2Y-. The van der Waals surface area contributed by atoms with Crippen molar-refractivity contribution >= 4 is 23.2 Å². The molecule has 1 aromatic carbocycles. The maximum Gasteiger partial charge on any atom is 0.256 e. The van der Waals surface area contributed by atoms with E-state index in [1.165, 1.54) is 0 Å². The number of nitrogens with zero attached hydrogens (tertiary/aromatic N) is 1. The van der Waals surface area contributed by atoms with E-state index in [2.05, 4.69) is 12.7 Å². The van der Waals surface area contributed by atoms with Crippen LogP contribution in [0.2, 0.25) is 5.02 Å². The van der Waals surface area contributed by atoms with Crippen LogP contribution in [0.5, 0.6) is 5.75 Å². The molecule has 2 rings (SSSR count). The summed E-state index contributed by atoms with van der Waals surface area (Å²) in [6, 6.07) is 4.89. The summed E-state index contributed by atoms with van der Waals surface area (Å²) in [4.78, 5) is 13.3. The molecule has 0 spiro atoms. The minimum Gasteiger partial charge on any atom is -0.490 e. The Morgan fingerprint density at radius 3 is 2.83 bits per heavy atom. The number of hydrogen-bond donors (Lipinski definition) is 0. The van der Waals surface area contributed by atoms with Crippen molar-refractivity contribution in [3.05, 3.63) is 47.5 Å².